The summed E-state index contributed by atoms with van der Waals surface area (Å²) in [7, 11) is 0. The first-order valence-electron chi connectivity index (χ1n) is 28.5. The predicted molar refractivity (Wildman–Crippen MR) is 302 cm³/mol. The van der Waals surface area contributed by atoms with Crippen LogP contribution in [0.15, 0.2) is 0 Å². The van der Waals surface area contributed by atoms with Crippen molar-refractivity contribution in [3.8, 4) is 0 Å². The second-order valence-corrected chi connectivity index (χ2v) is 25.4. The van der Waals surface area contributed by atoms with Crippen LogP contribution in [0.3, 0.4) is 0 Å². The maximum absolute atomic E-state index is 14.4. The Hall–Kier alpha value is -6.40. The number of hydrogen-bond donors (Lipinski definition) is 11. The number of aliphatic hydroxyl groups excluding tert-OH is 1. The molecule has 0 aromatic carbocycles. The highest BCUT2D eigenvalue weighted by Gasteiger charge is 2.45. The second-order valence-electron chi connectivity index (χ2n) is 25.4. The Labute approximate surface area is 478 Å². The van der Waals surface area contributed by atoms with Gasteiger partial charge in [0.05, 0.1) is 19.1 Å². The van der Waals surface area contributed by atoms with Gasteiger partial charge >= 0.3 is 0 Å². The number of nitrogens with zero attached hydrogens (tertiary/aromatic N) is 2. The van der Waals surface area contributed by atoms with Gasteiger partial charge in [-0.2, -0.15) is 0 Å². The van der Waals surface area contributed by atoms with Gasteiger partial charge < -0.3 is 68.5 Å². The topological polar surface area (TPSA) is 366 Å². The lowest BCUT2D eigenvalue weighted by atomic mass is 9.96. The molecule has 0 aliphatic carbocycles. The molecule has 81 heavy (non-hydrogen) atoms. The number of primary amides is 1. The monoisotopic (exact) mass is 1150 g/mol. The smallest absolute Gasteiger partial charge is 0.248 e. The van der Waals surface area contributed by atoms with Crippen molar-refractivity contribution >= 4 is 70.9 Å². The van der Waals surface area contributed by atoms with E-state index in [0.717, 1.165) is 0 Å². The molecule has 2 rings (SSSR count). The van der Waals surface area contributed by atoms with Crippen LogP contribution in [0.4, 0.5) is 0 Å². The SMILES string of the molecule is CC(=O)NC(C)(C)C(=O)N[C@@H](CC(N)=O)C(=O)N[C@H](C(=O)N[C@@H](CC(C)C)C(=O)NC(C)(C)C(=O)N1CCC[C@H]1C(=O)N[C@@H](CC(C)C)C(=O)NC(C)(C)C(=O)N[C@H](C(=O)N1CCC[C@H]1C(=O)N[C@H](CO)CC(C)C)C(C)C)C(C)C. The summed E-state index contributed by atoms with van der Waals surface area (Å²) in [5, 5.41) is 34.0. The van der Waals surface area contributed by atoms with Gasteiger partial charge in [0.1, 0.15) is 58.9 Å². The third kappa shape index (κ3) is 21.5. The average Bonchev–Trinajstić information content (AvgIpc) is 4.21. The molecule has 12 N–H and O–H groups in total. The molecular weight excluding hydrogens is 1050 g/mol. The first-order valence-corrected chi connectivity index (χ1v) is 28.5. The van der Waals surface area contributed by atoms with Gasteiger partial charge in [-0.25, -0.2) is 0 Å². The van der Waals surface area contributed by atoms with E-state index in [2.05, 4.69) is 47.9 Å². The van der Waals surface area contributed by atoms with Crippen LogP contribution in [0.5, 0.6) is 0 Å². The molecule has 2 aliphatic heterocycles. The van der Waals surface area contributed by atoms with Crippen molar-refractivity contribution in [1.29, 1.82) is 0 Å². The molecule has 0 radical (unpaired) electrons. The van der Waals surface area contributed by atoms with E-state index in [9.17, 15) is 62.6 Å². The summed E-state index contributed by atoms with van der Waals surface area (Å²) in [5.41, 5.74) is 0.639. The van der Waals surface area contributed by atoms with Gasteiger partial charge in [-0.3, -0.25) is 57.5 Å². The van der Waals surface area contributed by atoms with Crippen molar-refractivity contribution in [3.63, 3.8) is 0 Å². The first kappa shape index (κ1) is 70.7. The molecule has 25 nitrogen and oxygen atoms in total. The van der Waals surface area contributed by atoms with Crippen LogP contribution < -0.4 is 53.6 Å². The maximum Gasteiger partial charge on any atom is 0.248 e. The molecule has 2 saturated heterocycles. The minimum absolute atomic E-state index is 0.0904. The molecule has 460 valence electrons. The Morgan fingerprint density at radius 1 is 0.506 bits per heavy atom. The predicted octanol–water partition coefficient (Wildman–Crippen LogP) is -0.101. The number of amides is 12. The largest absolute Gasteiger partial charge is 0.394 e. The summed E-state index contributed by atoms with van der Waals surface area (Å²) in [6.45, 7) is 28.0. The second kappa shape index (κ2) is 30.6. The minimum Gasteiger partial charge on any atom is -0.394 e. The van der Waals surface area contributed by atoms with E-state index in [1.807, 2.05) is 41.5 Å². The highest BCUT2D eigenvalue weighted by atomic mass is 16.3. The van der Waals surface area contributed by atoms with Crippen LogP contribution in [0.2, 0.25) is 0 Å². The summed E-state index contributed by atoms with van der Waals surface area (Å²) in [6, 6.07) is -8.66. The van der Waals surface area contributed by atoms with Gasteiger partial charge in [0.25, 0.3) is 0 Å². The van der Waals surface area contributed by atoms with Crippen molar-refractivity contribution in [2.45, 2.75) is 234 Å². The molecule has 0 spiro atoms. The van der Waals surface area contributed by atoms with Crippen molar-refractivity contribution in [2.24, 2.45) is 35.3 Å². The normalized spacial score (nSPS) is 18.1. The van der Waals surface area contributed by atoms with E-state index >= 15 is 0 Å². The van der Waals surface area contributed by atoms with Gasteiger partial charge in [-0.1, -0.05) is 69.2 Å². The molecule has 0 aromatic rings. The van der Waals surface area contributed by atoms with Crippen LogP contribution >= 0.6 is 0 Å². The fourth-order valence-electron chi connectivity index (χ4n) is 9.87. The number of carbonyl (C=O) groups is 12. The number of hydrogen-bond acceptors (Lipinski definition) is 13. The van der Waals surface area contributed by atoms with Crippen molar-refractivity contribution in [1.82, 2.24) is 57.7 Å². The van der Waals surface area contributed by atoms with Crippen LogP contribution in [-0.2, 0) is 57.5 Å². The Balaban J connectivity index is 2.27. The van der Waals surface area contributed by atoms with Crippen LogP contribution in [0.25, 0.3) is 0 Å². The lowest BCUT2D eigenvalue weighted by Crippen LogP contribution is -2.64. The van der Waals surface area contributed by atoms with Crippen LogP contribution in [-0.4, -0.2) is 170 Å². The van der Waals surface area contributed by atoms with E-state index in [0.29, 0.717) is 25.7 Å². The first-order chi connectivity index (χ1) is 37.3. The standard InChI is InChI=1S/C56H98N12O13/c1-29(2)24-35(28-69)58-47(75)39-20-18-22-67(39)50(78)43(33(9)10)63-52(80)55(14,15)65-45(73)36(25-30(3)4)59-48(76)40-21-19-23-68(40)53(81)56(16,17)66-46(74)37(26-31(5)6)60-49(77)42(32(7)8)62-44(72)38(27-41(57)71)61-51(79)54(12,13)64-34(11)70/h29-33,35-40,42-43,69H,18-28H2,1-17H3,(H2,57,71)(H,58,75)(H,59,76)(H,60,77)(H,61,79)(H,62,72)(H,63,80)(H,64,70)(H,65,73)(H,66,74)/t35-,36-,37-,38-,39-,40-,42-,43-/m0/s1. The van der Waals surface area contributed by atoms with Crippen LogP contribution in [0, 0.1) is 29.6 Å². The van der Waals surface area contributed by atoms with Gasteiger partial charge in [-0.15, -0.1) is 0 Å². The molecule has 25 heteroatoms. The van der Waals surface area contributed by atoms with E-state index in [1.54, 1.807) is 27.7 Å². The van der Waals surface area contributed by atoms with E-state index < -0.39 is 148 Å². The molecule has 0 saturated carbocycles. The average molecular weight is 1150 g/mol. The quantitative estimate of drug-likeness (QED) is 0.0448. The molecule has 12 amide bonds. The van der Waals surface area contributed by atoms with Gasteiger partial charge in [-0.05, 0) is 116 Å². The highest BCUT2D eigenvalue weighted by Crippen LogP contribution is 2.25. The Morgan fingerprint density at radius 2 is 0.951 bits per heavy atom. The third-order valence-corrected chi connectivity index (χ3v) is 14.2. The zero-order chi connectivity index (χ0) is 62.2. The summed E-state index contributed by atoms with van der Waals surface area (Å²) in [5.74, 6) is -9.34. The van der Waals surface area contributed by atoms with E-state index in [-0.39, 0.29) is 62.6 Å². The van der Waals surface area contributed by atoms with Crippen LogP contribution in [0.1, 0.15) is 169 Å². The maximum atomic E-state index is 14.4. The Kier molecular flexibility index (Phi) is 26.7. The summed E-state index contributed by atoms with van der Waals surface area (Å²) in [6.07, 6.45) is 1.75. The summed E-state index contributed by atoms with van der Waals surface area (Å²) < 4.78 is 0. The zero-order valence-electron chi connectivity index (χ0n) is 51.1. The van der Waals surface area contributed by atoms with Gasteiger partial charge in [0.2, 0.25) is 70.9 Å². The fraction of sp³-hybridized carbons (Fsp3) is 0.786. The number of nitrogens with two attached hydrogens (primary N) is 1. The fourth-order valence-corrected chi connectivity index (χ4v) is 9.87. The highest BCUT2D eigenvalue weighted by molar-refractivity contribution is 6.01. The number of nitrogens with one attached hydrogen (secondary N) is 9. The third-order valence-electron chi connectivity index (χ3n) is 14.2. The molecule has 0 unspecified atom stereocenters. The molecular formula is C56H98N12O13. The number of carbonyl (C=O) groups excluding carboxylic acids is 12. The summed E-state index contributed by atoms with van der Waals surface area (Å²) >= 11 is 0. The lowest BCUT2D eigenvalue weighted by Gasteiger charge is -2.35. The molecule has 2 heterocycles. The lowest BCUT2D eigenvalue weighted by molar-refractivity contribution is -0.146. The van der Waals surface area contributed by atoms with E-state index in [4.69, 9.17) is 5.73 Å². The molecule has 2 fully saturated rings. The Morgan fingerprint density at radius 3 is 1.42 bits per heavy atom. The molecule has 8 atom stereocenters. The Bertz CT molecular complexity index is 2280. The molecule has 2 aliphatic rings. The van der Waals surface area contributed by atoms with Gasteiger partial charge in [0.15, 0.2) is 0 Å². The molecule has 0 bridgehead atoms. The zero-order valence-corrected chi connectivity index (χ0v) is 51.1. The number of likely N-dealkylation sites (tertiary alicyclic amines) is 2. The van der Waals surface area contributed by atoms with E-state index in [1.165, 1.54) is 58.3 Å². The number of aliphatic hydroxyl groups is 1. The van der Waals surface area contributed by atoms with Crippen molar-refractivity contribution < 1.29 is 62.6 Å². The van der Waals surface area contributed by atoms with Crippen molar-refractivity contribution in [3.05, 3.63) is 0 Å². The summed E-state index contributed by atoms with van der Waals surface area (Å²) in [4.78, 5) is 166. The molecule has 0 aromatic heterocycles. The van der Waals surface area contributed by atoms with Gasteiger partial charge in [0, 0.05) is 20.0 Å². The van der Waals surface area contributed by atoms with Crippen molar-refractivity contribution in [2.75, 3.05) is 19.7 Å². The minimum atomic E-state index is -1.66. The number of rotatable bonds is 30.